The third-order valence-corrected chi connectivity index (χ3v) is 3.49. The van der Waals surface area contributed by atoms with Gasteiger partial charge in [0.05, 0.1) is 12.9 Å². The summed E-state index contributed by atoms with van der Waals surface area (Å²) in [6.45, 7) is 2.53. The number of rotatable bonds is 3. The van der Waals surface area contributed by atoms with Crippen LogP contribution in [0.1, 0.15) is 13.8 Å². The van der Waals surface area contributed by atoms with Gasteiger partial charge in [-0.3, -0.25) is 4.18 Å². The molecular formula is C10H18O8S. The van der Waals surface area contributed by atoms with Crippen LogP contribution in [0.15, 0.2) is 0 Å². The minimum Gasteiger partial charge on any atom is -0.388 e. The smallest absolute Gasteiger partial charge is 0.264 e. The van der Waals surface area contributed by atoms with Crippen molar-refractivity contribution < 1.29 is 37.0 Å². The van der Waals surface area contributed by atoms with Crippen molar-refractivity contribution in [1.82, 2.24) is 0 Å². The first-order valence-electron chi connectivity index (χ1n) is 5.77. The van der Waals surface area contributed by atoms with Crippen LogP contribution in [0.3, 0.4) is 0 Å². The van der Waals surface area contributed by atoms with Gasteiger partial charge in [-0.05, 0) is 13.8 Å². The first kappa shape index (κ1) is 15.1. The van der Waals surface area contributed by atoms with Crippen LogP contribution in [0.4, 0.5) is 0 Å². The maximum absolute atomic E-state index is 11.1. The highest BCUT2D eigenvalue weighted by atomic mass is 32.2. The zero-order chi connectivity index (χ0) is 14.5. The predicted molar refractivity (Wildman–Crippen MR) is 61.5 cm³/mol. The Morgan fingerprint density at radius 3 is 2.58 bits per heavy atom. The number of fused-ring (bicyclic) bond motifs is 1. The molecule has 9 heteroatoms. The Morgan fingerprint density at radius 1 is 1.37 bits per heavy atom. The Bertz CT molecular complexity index is 446. The molecule has 4 atom stereocenters. The maximum Gasteiger partial charge on any atom is 0.264 e. The Morgan fingerprint density at radius 2 is 2.00 bits per heavy atom. The van der Waals surface area contributed by atoms with Crippen molar-refractivity contribution in [3.8, 4) is 0 Å². The zero-order valence-corrected chi connectivity index (χ0v) is 11.7. The first-order chi connectivity index (χ1) is 8.55. The highest BCUT2D eigenvalue weighted by molar-refractivity contribution is 7.85. The van der Waals surface area contributed by atoms with Crippen molar-refractivity contribution in [2.45, 2.75) is 43.7 Å². The molecule has 0 bridgehead atoms. The summed E-state index contributed by atoms with van der Waals surface area (Å²) in [7, 11) is -3.70. The monoisotopic (exact) mass is 298 g/mol. The summed E-state index contributed by atoms with van der Waals surface area (Å²) in [4.78, 5) is 0. The van der Waals surface area contributed by atoms with E-state index in [1.54, 1.807) is 13.8 Å². The molecule has 0 aromatic rings. The van der Waals surface area contributed by atoms with Crippen molar-refractivity contribution in [3.63, 3.8) is 0 Å². The molecule has 0 aromatic heterocycles. The largest absolute Gasteiger partial charge is 0.388 e. The van der Waals surface area contributed by atoms with Crippen molar-refractivity contribution in [2.24, 2.45) is 0 Å². The van der Waals surface area contributed by atoms with Gasteiger partial charge in [-0.15, -0.1) is 0 Å². The quantitative estimate of drug-likeness (QED) is 0.610. The van der Waals surface area contributed by atoms with E-state index in [0.29, 0.717) is 0 Å². The van der Waals surface area contributed by atoms with Crippen LogP contribution in [-0.4, -0.2) is 68.0 Å². The van der Waals surface area contributed by atoms with Gasteiger partial charge in [0.25, 0.3) is 10.1 Å². The lowest BCUT2D eigenvalue weighted by Crippen LogP contribution is -2.61. The highest BCUT2D eigenvalue weighted by Crippen LogP contribution is 2.42. The number of ether oxygens (including phenoxy) is 3. The highest BCUT2D eigenvalue weighted by Gasteiger charge is 2.61. The molecule has 19 heavy (non-hydrogen) atoms. The van der Waals surface area contributed by atoms with E-state index in [-0.39, 0.29) is 6.61 Å². The van der Waals surface area contributed by atoms with Gasteiger partial charge in [0, 0.05) is 0 Å². The average molecular weight is 298 g/mol. The number of hydrogen-bond acceptors (Lipinski definition) is 8. The lowest BCUT2D eigenvalue weighted by atomic mass is 9.98. The fourth-order valence-electron chi connectivity index (χ4n) is 2.20. The van der Waals surface area contributed by atoms with E-state index < -0.39 is 46.6 Å². The maximum atomic E-state index is 11.1. The average Bonchev–Trinajstić information content (AvgIpc) is 2.53. The van der Waals surface area contributed by atoms with E-state index in [0.717, 1.165) is 6.26 Å². The summed E-state index contributed by atoms with van der Waals surface area (Å²) in [5.74, 6) is -2.64. The van der Waals surface area contributed by atoms with E-state index in [4.69, 9.17) is 18.4 Å². The molecule has 0 aromatic carbocycles. The van der Waals surface area contributed by atoms with Gasteiger partial charge in [-0.1, -0.05) is 0 Å². The van der Waals surface area contributed by atoms with Crippen molar-refractivity contribution in [1.29, 1.82) is 0 Å². The minimum absolute atomic E-state index is 0.204. The van der Waals surface area contributed by atoms with Crippen molar-refractivity contribution >= 4 is 10.1 Å². The summed E-state index contributed by atoms with van der Waals surface area (Å²) in [6.07, 6.45) is -2.52. The van der Waals surface area contributed by atoms with Gasteiger partial charge in [0.2, 0.25) is 5.79 Å². The molecule has 2 heterocycles. The second-order valence-corrected chi connectivity index (χ2v) is 6.83. The topological polar surface area (TPSA) is 112 Å². The fraction of sp³-hybridized carbons (Fsp3) is 1.00. The standard InChI is InChI=1S/C10H18O8S/c1-9(2)17-8-7(12)6(11)4-15-10(8,18-9)5-16-19(3,13)14/h6-8,11-12H,4-5H2,1-3H3/t6-,7-,8+,10?/m1/s1. The van der Waals surface area contributed by atoms with E-state index in [1.807, 2.05) is 0 Å². The molecule has 0 spiro atoms. The molecule has 1 unspecified atom stereocenters. The third kappa shape index (κ3) is 3.07. The number of aliphatic hydroxyl groups excluding tert-OH is 2. The van der Waals surface area contributed by atoms with Crippen molar-refractivity contribution in [3.05, 3.63) is 0 Å². The molecule has 2 fully saturated rings. The number of hydrogen-bond donors (Lipinski definition) is 2. The third-order valence-electron chi connectivity index (χ3n) is 2.94. The van der Waals surface area contributed by atoms with Crippen LogP contribution >= 0.6 is 0 Å². The normalized spacial score (nSPS) is 42.1. The van der Waals surface area contributed by atoms with E-state index in [9.17, 15) is 18.6 Å². The van der Waals surface area contributed by atoms with E-state index in [2.05, 4.69) is 0 Å². The fourth-order valence-corrected chi connectivity index (χ4v) is 2.58. The van der Waals surface area contributed by atoms with Crippen molar-refractivity contribution in [2.75, 3.05) is 19.5 Å². The molecule has 0 amide bonds. The second kappa shape index (κ2) is 4.62. The van der Waals surface area contributed by atoms with Crippen LogP contribution < -0.4 is 0 Å². The Hall–Kier alpha value is -0.290. The minimum atomic E-state index is -3.70. The van der Waals surface area contributed by atoms with Crippen LogP contribution in [0.5, 0.6) is 0 Å². The van der Waals surface area contributed by atoms with Gasteiger partial charge < -0.3 is 24.4 Å². The summed E-state index contributed by atoms with van der Waals surface area (Å²) in [5, 5.41) is 19.5. The second-order valence-electron chi connectivity index (χ2n) is 5.19. The van der Waals surface area contributed by atoms with Gasteiger partial charge in [-0.2, -0.15) is 8.42 Å². The molecule has 2 N–H and O–H groups in total. The summed E-state index contributed by atoms with van der Waals surface area (Å²) in [6, 6.07) is 0. The molecule has 2 saturated heterocycles. The van der Waals surface area contributed by atoms with Crippen LogP contribution in [0.2, 0.25) is 0 Å². The molecule has 112 valence electrons. The Balaban J connectivity index is 2.23. The zero-order valence-electron chi connectivity index (χ0n) is 10.9. The Labute approximate surface area is 111 Å². The van der Waals surface area contributed by atoms with E-state index in [1.165, 1.54) is 0 Å². The van der Waals surface area contributed by atoms with Gasteiger partial charge >= 0.3 is 0 Å². The van der Waals surface area contributed by atoms with Gasteiger partial charge in [0.15, 0.2) is 5.79 Å². The number of aliphatic hydroxyl groups is 2. The molecule has 2 aliphatic rings. The summed E-state index contributed by atoms with van der Waals surface area (Å²) >= 11 is 0. The van der Waals surface area contributed by atoms with Crippen LogP contribution in [0.25, 0.3) is 0 Å². The Kier molecular flexibility index (Phi) is 3.67. The van der Waals surface area contributed by atoms with E-state index >= 15 is 0 Å². The predicted octanol–water partition coefficient (Wildman–Crippen LogP) is -1.44. The molecule has 2 aliphatic heterocycles. The SMILES string of the molecule is CC1(C)O[C@H]2[C@H](O)[C@H](O)COC2(COS(C)(=O)=O)O1. The van der Waals surface area contributed by atoms with Gasteiger partial charge in [-0.25, -0.2) is 0 Å². The van der Waals surface area contributed by atoms with Crippen LogP contribution in [-0.2, 0) is 28.5 Å². The lowest BCUT2D eigenvalue weighted by Gasteiger charge is -2.40. The molecule has 0 radical (unpaired) electrons. The lowest BCUT2D eigenvalue weighted by molar-refractivity contribution is -0.301. The molecule has 0 saturated carbocycles. The molecular weight excluding hydrogens is 280 g/mol. The molecule has 2 rings (SSSR count). The van der Waals surface area contributed by atoms with Crippen LogP contribution in [0, 0.1) is 0 Å². The molecule has 8 nitrogen and oxygen atoms in total. The summed E-state index contributed by atoms with van der Waals surface area (Å²) in [5.41, 5.74) is 0. The first-order valence-corrected chi connectivity index (χ1v) is 7.59. The molecule has 0 aliphatic carbocycles. The summed E-state index contributed by atoms with van der Waals surface area (Å²) < 4.78 is 43.2. The van der Waals surface area contributed by atoms with Gasteiger partial charge in [0.1, 0.15) is 24.9 Å².